The van der Waals surface area contributed by atoms with Gasteiger partial charge in [-0.3, -0.25) is 4.90 Å². The molecule has 0 saturated heterocycles. The molecule has 3 rings (SSSR count). The molecule has 0 amide bonds. The molecule has 1 unspecified atom stereocenters. The Balaban J connectivity index is 1.82. The van der Waals surface area contributed by atoms with Gasteiger partial charge < -0.3 is 5.73 Å². The Morgan fingerprint density at radius 2 is 1.70 bits per heavy atom. The fraction of sp³-hybridized carbons (Fsp3) is 0.333. The number of rotatable bonds is 2. The van der Waals surface area contributed by atoms with Crippen LogP contribution in [0.1, 0.15) is 36.1 Å². The number of nitrogens with two attached hydrogens (primary N) is 1. The number of hydrogen-bond donors (Lipinski definition) is 1. The topological polar surface area (TPSA) is 29.3 Å². The van der Waals surface area contributed by atoms with Crippen molar-refractivity contribution in [3.63, 3.8) is 0 Å². The summed E-state index contributed by atoms with van der Waals surface area (Å²) in [6.45, 7) is 4.49. The molecule has 1 aliphatic heterocycles. The Hall–Kier alpha value is -1.80. The van der Waals surface area contributed by atoms with Crippen LogP contribution in [0, 0.1) is 0 Å². The van der Waals surface area contributed by atoms with E-state index in [1.807, 2.05) is 12.1 Å². The van der Waals surface area contributed by atoms with Gasteiger partial charge in [0.05, 0.1) is 0 Å². The van der Waals surface area contributed by atoms with Crippen LogP contribution >= 0.6 is 0 Å². The van der Waals surface area contributed by atoms with Gasteiger partial charge in [0.1, 0.15) is 0 Å². The molecule has 104 valence electrons. The summed E-state index contributed by atoms with van der Waals surface area (Å²) in [4.78, 5) is 2.57. The van der Waals surface area contributed by atoms with Crippen molar-refractivity contribution in [1.82, 2.24) is 4.90 Å². The minimum Gasteiger partial charge on any atom is -0.399 e. The molecular weight excluding hydrogens is 244 g/mol. The lowest BCUT2D eigenvalue weighted by atomic mass is 10.0. The van der Waals surface area contributed by atoms with E-state index in [1.165, 1.54) is 29.5 Å². The van der Waals surface area contributed by atoms with Crippen molar-refractivity contribution >= 4 is 5.69 Å². The average molecular weight is 266 g/mol. The summed E-state index contributed by atoms with van der Waals surface area (Å²) in [5.41, 5.74) is 11.0. The van der Waals surface area contributed by atoms with E-state index >= 15 is 0 Å². The lowest BCUT2D eigenvalue weighted by Crippen LogP contribution is -2.26. The maximum atomic E-state index is 5.78. The largest absolute Gasteiger partial charge is 0.399 e. The number of nitrogen functional groups attached to an aromatic ring is 1. The van der Waals surface area contributed by atoms with E-state index in [0.29, 0.717) is 6.04 Å². The smallest absolute Gasteiger partial charge is 0.0323 e. The van der Waals surface area contributed by atoms with Crippen LogP contribution in [0.5, 0.6) is 0 Å². The maximum Gasteiger partial charge on any atom is 0.0323 e. The molecule has 20 heavy (non-hydrogen) atoms. The highest BCUT2D eigenvalue weighted by atomic mass is 15.1. The highest BCUT2D eigenvalue weighted by Gasteiger charge is 2.19. The molecule has 0 fully saturated rings. The molecule has 0 radical (unpaired) electrons. The number of hydrogen-bond acceptors (Lipinski definition) is 2. The summed E-state index contributed by atoms with van der Waals surface area (Å²) in [6, 6.07) is 17.6. The van der Waals surface area contributed by atoms with Gasteiger partial charge >= 0.3 is 0 Å². The molecule has 1 aliphatic rings. The third kappa shape index (κ3) is 2.70. The number of fused-ring (bicyclic) bond motifs is 1. The van der Waals surface area contributed by atoms with E-state index in [-0.39, 0.29) is 0 Å². The van der Waals surface area contributed by atoms with Crippen LogP contribution in [-0.2, 0) is 13.0 Å². The molecule has 2 nitrogen and oxygen atoms in total. The Kier molecular flexibility index (Phi) is 3.75. The van der Waals surface area contributed by atoms with Gasteiger partial charge in [-0.2, -0.15) is 0 Å². The van der Waals surface area contributed by atoms with Crippen molar-refractivity contribution in [3.05, 3.63) is 65.2 Å². The van der Waals surface area contributed by atoms with Crippen LogP contribution in [0.25, 0.3) is 0 Å². The van der Waals surface area contributed by atoms with E-state index in [9.17, 15) is 0 Å². The van der Waals surface area contributed by atoms with Gasteiger partial charge in [-0.1, -0.05) is 36.4 Å². The standard InChI is InChI=1S/C18H22N2/c1-14(15-8-10-18(19)11-9-15)20-12-4-7-16-5-2-3-6-17(16)13-20/h2-3,5-6,8-11,14H,4,7,12-13,19H2,1H3. The lowest BCUT2D eigenvalue weighted by molar-refractivity contribution is 0.205. The second kappa shape index (κ2) is 5.68. The molecule has 0 spiro atoms. The third-order valence-corrected chi connectivity index (χ3v) is 4.35. The fourth-order valence-corrected chi connectivity index (χ4v) is 3.04. The summed E-state index contributed by atoms with van der Waals surface area (Å²) in [7, 11) is 0. The number of anilines is 1. The Morgan fingerprint density at radius 1 is 1.00 bits per heavy atom. The van der Waals surface area contributed by atoms with Crippen molar-refractivity contribution in [2.75, 3.05) is 12.3 Å². The number of benzene rings is 2. The van der Waals surface area contributed by atoms with E-state index in [2.05, 4.69) is 48.2 Å². The highest BCUT2D eigenvalue weighted by molar-refractivity contribution is 5.40. The van der Waals surface area contributed by atoms with Crippen LogP contribution in [0.15, 0.2) is 48.5 Å². The van der Waals surface area contributed by atoms with Crippen LogP contribution in [0.2, 0.25) is 0 Å². The molecule has 1 atom stereocenters. The second-order valence-corrected chi connectivity index (χ2v) is 5.69. The summed E-state index contributed by atoms with van der Waals surface area (Å²) in [5, 5.41) is 0. The lowest BCUT2D eigenvalue weighted by Gasteiger charge is -2.28. The molecule has 2 N–H and O–H groups in total. The molecular formula is C18H22N2. The number of nitrogens with zero attached hydrogens (tertiary/aromatic N) is 1. The van der Waals surface area contributed by atoms with Crippen molar-refractivity contribution in [2.24, 2.45) is 0 Å². The zero-order valence-corrected chi connectivity index (χ0v) is 12.0. The van der Waals surface area contributed by atoms with Gasteiger partial charge in [0, 0.05) is 18.3 Å². The van der Waals surface area contributed by atoms with Crippen molar-refractivity contribution in [3.8, 4) is 0 Å². The summed E-state index contributed by atoms with van der Waals surface area (Å²) in [5.74, 6) is 0. The first-order valence-corrected chi connectivity index (χ1v) is 7.40. The zero-order chi connectivity index (χ0) is 13.9. The van der Waals surface area contributed by atoms with Gasteiger partial charge in [0.25, 0.3) is 0 Å². The Labute approximate surface area is 121 Å². The van der Waals surface area contributed by atoms with E-state index in [4.69, 9.17) is 5.73 Å². The molecule has 2 aromatic carbocycles. The molecule has 1 heterocycles. The predicted octanol–water partition coefficient (Wildman–Crippen LogP) is 3.78. The monoisotopic (exact) mass is 266 g/mol. The van der Waals surface area contributed by atoms with E-state index in [1.54, 1.807) is 0 Å². The van der Waals surface area contributed by atoms with Crippen LogP contribution < -0.4 is 5.73 Å². The molecule has 0 bridgehead atoms. The molecule has 2 heteroatoms. The van der Waals surface area contributed by atoms with Crippen molar-refractivity contribution < 1.29 is 0 Å². The first-order valence-electron chi connectivity index (χ1n) is 7.40. The first kappa shape index (κ1) is 13.2. The quantitative estimate of drug-likeness (QED) is 0.838. The number of aryl methyl sites for hydroxylation is 1. The summed E-state index contributed by atoms with van der Waals surface area (Å²) >= 11 is 0. The Bertz CT molecular complexity index is 574. The molecule has 0 aliphatic carbocycles. The van der Waals surface area contributed by atoms with Crippen molar-refractivity contribution in [2.45, 2.75) is 32.4 Å². The summed E-state index contributed by atoms with van der Waals surface area (Å²) in [6.07, 6.45) is 2.43. The van der Waals surface area contributed by atoms with E-state index in [0.717, 1.165) is 18.8 Å². The van der Waals surface area contributed by atoms with Gasteiger partial charge in [0.15, 0.2) is 0 Å². The minimum atomic E-state index is 0.432. The van der Waals surface area contributed by atoms with Crippen LogP contribution in [0.3, 0.4) is 0 Å². The molecule has 0 saturated carbocycles. The van der Waals surface area contributed by atoms with E-state index < -0.39 is 0 Å². The molecule has 0 aromatic heterocycles. The van der Waals surface area contributed by atoms with Crippen LogP contribution in [-0.4, -0.2) is 11.4 Å². The van der Waals surface area contributed by atoms with Crippen molar-refractivity contribution in [1.29, 1.82) is 0 Å². The second-order valence-electron chi connectivity index (χ2n) is 5.69. The van der Waals surface area contributed by atoms with Gasteiger partial charge in [0.2, 0.25) is 0 Å². The normalized spacial score (nSPS) is 17.2. The SMILES string of the molecule is CC(c1ccc(N)cc1)N1CCCc2ccccc2C1. The van der Waals surface area contributed by atoms with Gasteiger partial charge in [-0.25, -0.2) is 0 Å². The minimum absolute atomic E-state index is 0.432. The maximum absolute atomic E-state index is 5.78. The molecule has 2 aromatic rings. The zero-order valence-electron chi connectivity index (χ0n) is 12.0. The third-order valence-electron chi connectivity index (χ3n) is 4.35. The fourth-order valence-electron chi connectivity index (χ4n) is 3.04. The van der Waals surface area contributed by atoms with Gasteiger partial charge in [-0.15, -0.1) is 0 Å². The Morgan fingerprint density at radius 3 is 2.45 bits per heavy atom. The highest BCUT2D eigenvalue weighted by Crippen LogP contribution is 2.27. The first-order chi connectivity index (χ1) is 9.74. The average Bonchev–Trinajstić information content (AvgIpc) is 2.69. The predicted molar refractivity (Wildman–Crippen MR) is 84.4 cm³/mol. The summed E-state index contributed by atoms with van der Waals surface area (Å²) < 4.78 is 0. The van der Waals surface area contributed by atoms with Gasteiger partial charge in [-0.05, 0) is 55.1 Å². The van der Waals surface area contributed by atoms with Crippen LogP contribution in [0.4, 0.5) is 5.69 Å².